The number of nitrogens with two attached hydrogens (primary N) is 1. The molecule has 0 bridgehead atoms. The lowest BCUT2D eigenvalue weighted by Gasteiger charge is -2.32. The molecule has 0 radical (unpaired) electrons. The summed E-state index contributed by atoms with van der Waals surface area (Å²) >= 11 is 0. The molecule has 0 saturated carbocycles. The summed E-state index contributed by atoms with van der Waals surface area (Å²) in [6.45, 7) is 2.06. The fourth-order valence-corrected chi connectivity index (χ4v) is 7.38. The predicted octanol–water partition coefficient (Wildman–Crippen LogP) is 12.4. The average Bonchev–Trinajstić information content (AvgIpc) is 3.18. The molecule has 0 saturated heterocycles. The second-order valence-corrected chi connectivity index (χ2v) is 13.2. The van der Waals surface area contributed by atoms with Crippen LogP contribution >= 0.6 is 0 Å². The van der Waals surface area contributed by atoms with Gasteiger partial charge in [0, 0.05) is 0 Å². The highest BCUT2D eigenvalue weighted by Gasteiger charge is 2.31. The van der Waals surface area contributed by atoms with Crippen LogP contribution in [0.25, 0.3) is 55.1 Å². The molecule has 0 heterocycles. The summed E-state index contributed by atoms with van der Waals surface area (Å²) in [7, 11) is 0. The number of allylic oxidation sites excluding steroid dienone is 3. The average molecular weight is 642 g/mol. The molecule has 1 heteroatoms. The van der Waals surface area contributed by atoms with E-state index in [9.17, 15) is 0 Å². The van der Waals surface area contributed by atoms with E-state index in [0.717, 1.165) is 27.8 Å². The van der Waals surface area contributed by atoms with Crippen molar-refractivity contribution in [3.8, 4) is 11.1 Å². The smallest absolute Gasteiger partial charge is 0.0706 e. The number of rotatable bonds is 8. The summed E-state index contributed by atoms with van der Waals surface area (Å²) < 4.78 is 0. The largest absolute Gasteiger partial charge is 0.317 e. The first-order valence-corrected chi connectivity index (χ1v) is 17.4. The SMILES string of the molecule is C/C=C\C(=C/c1ccccc1)c1ccc(C(N)(Cc2ccc3c(ccc4c5ccccc5ccc34)c2)c2cccc(-c3ccccc3)c2)cc1. The molecule has 0 spiro atoms. The Bertz CT molecular complexity index is 2510. The lowest BCUT2D eigenvalue weighted by Crippen LogP contribution is -2.40. The Balaban J connectivity index is 1.22. The molecule has 0 aliphatic rings. The molecule has 0 aliphatic carbocycles. The molecule has 0 fully saturated rings. The molecule has 1 atom stereocenters. The number of hydrogen-bond acceptors (Lipinski definition) is 1. The van der Waals surface area contributed by atoms with Gasteiger partial charge in [0.25, 0.3) is 0 Å². The van der Waals surface area contributed by atoms with E-state index in [0.29, 0.717) is 6.42 Å². The lowest BCUT2D eigenvalue weighted by molar-refractivity contribution is 0.535. The summed E-state index contributed by atoms with van der Waals surface area (Å²) in [5.74, 6) is 0. The molecule has 0 aromatic heterocycles. The first-order valence-electron chi connectivity index (χ1n) is 17.4. The van der Waals surface area contributed by atoms with E-state index in [2.05, 4.69) is 201 Å². The Hall–Kier alpha value is -6.02. The van der Waals surface area contributed by atoms with Crippen LogP contribution in [-0.4, -0.2) is 0 Å². The molecular formula is C49H39N. The van der Waals surface area contributed by atoms with Gasteiger partial charge in [0.2, 0.25) is 0 Å². The molecule has 1 nitrogen and oxygen atoms in total. The number of benzene rings is 8. The Kier molecular flexibility index (Phi) is 8.42. The Morgan fingerprint density at radius 3 is 1.92 bits per heavy atom. The van der Waals surface area contributed by atoms with E-state index in [1.807, 2.05) is 0 Å². The number of fused-ring (bicyclic) bond motifs is 5. The first-order chi connectivity index (χ1) is 24.6. The van der Waals surface area contributed by atoms with Crippen molar-refractivity contribution in [3.05, 3.63) is 216 Å². The summed E-state index contributed by atoms with van der Waals surface area (Å²) in [6.07, 6.45) is 7.15. The van der Waals surface area contributed by atoms with Crippen molar-refractivity contribution in [2.75, 3.05) is 0 Å². The first kappa shape index (κ1) is 31.3. The minimum atomic E-state index is -0.770. The maximum atomic E-state index is 7.70. The van der Waals surface area contributed by atoms with Crippen molar-refractivity contribution in [1.29, 1.82) is 0 Å². The zero-order valence-electron chi connectivity index (χ0n) is 28.3. The summed E-state index contributed by atoms with van der Waals surface area (Å²) in [4.78, 5) is 0. The maximum absolute atomic E-state index is 7.70. The van der Waals surface area contributed by atoms with Gasteiger partial charge in [-0.15, -0.1) is 0 Å². The monoisotopic (exact) mass is 641 g/mol. The van der Waals surface area contributed by atoms with Gasteiger partial charge in [0.05, 0.1) is 5.54 Å². The highest BCUT2D eigenvalue weighted by Crippen LogP contribution is 2.37. The molecule has 1 unspecified atom stereocenters. The number of hydrogen-bond donors (Lipinski definition) is 1. The standard InChI is InChI=1S/C49H39N/c1-2-12-40(31-35-13-5-3-6-14-35)38-22-26-43(27-23-38)49(50,44-19-11-18-41(33-44)37-15-7-4-8-16-37)34-36-21-28-46-42(32-36)25-30-47-45-20-10-9-17-39(45)24-29-48(46)47/h2-33H,34,50H2,1H3/b12-2-,40-31+. The van der Waals surface area contributed by atoms with Crippen LogP contribution in [0.1, 0.15) is 34.7 Å². The fourth-order valence-electron chi connectivity index (χ4n) is 7.38. The molecule has 50 heavy (non-hydrogen) atoms. The van der Waals surface area contributed by atoms with E-state index < -0.39 is 5.54 Å². The summed E-state index contributed by atoms with van der Waals surface area (Å²) in [5, 5.41) is 7.60. The lowest BCUT2D eigenvalue weighted by atomic mass is 9.77. The van der Waals surface area contributed by atoms with Gasteiger partial charge < -0.3 is 5.73 Å². The van der Waals surface area contributed by atoms with E-state index in [1.54, 1.807) is 0 Å². The van der Waals surface area contributed by atoms with Crippen LogP contribution in [0.5, 0.6) is 0 Å². The van der Waals surface area contributed by atoms with Gasteiger partial charge in [-0.05, 0) is 102 Å². The van der Waals surface area contributed by atoms with Gasteiger partial charge in [-0.25, -0.2) is 0 Å². The van der Waals surface area contributed by atoms with Crippen molar-refractivity contribution in [1.82, 2.24) is 0 Å². The third kappa shape index (κ3) is 6.05. The van der Waals surface area contributed by atoms with Gasteiger partial charge in [0.1, 0.15) is 0 Å². The summed E-state index contributed by atoms with van der Waals surface area (Å²) in [6, 6.07) is 63.2. The molecular weight excluding hydrogens is 603 g/mol. The molecule has 8 rings (SSSR count). The van der Waals surface area contributed by atoms with E-state index in [4.69, 9.17) is 5.73 Å². The van der Waals surface area contributed by atoms with Crippen LogP contribution in [0, 0.1) is 0 Å². The molecule has 8 aromatic carbocycles. The zero-order chi connectivity index (χ0) is 33.9. The molecule has 240 valence electrons. The van der Waals surface area contributed by atoms with Crippen LogP contribution in [-0.2, 0) is 12.0 Å². The van der Waals surface area contributed by atoms with Crippen molar-refractivity contribution in [2.24, 2.45) is 5.73 Å². The molecule has 0 amide bonds. The van der Waals surface area contributed by atoms with Crippen molar-refractivity contribution in [2.45, 2.75) is 18.9 Å². The second kappa shape index (κ2) is 13.5. The third-order valence-corrected chi connectivity index (χ3v) is 9.98. The van der Waals surface area contributed by atoms with Gasteiger partial charge >= 0.3 is 0 Å². The minimum absolute atomic E-state index is 0.651. The highest BCUT2D eigenvalue weighted by atomic mass is 14.7. The second-order valence-electron chi connectivity index (χ2n) is 13.2. The topological polar surface area (TPSA) is 26.0 Å². The van der Waals surface area contributed by atoms with E-state index >= 15 is 0 Å². The zero-order valence-corrected chi connectivity index (χ0v) is 28.3. The van der Waals surface area contributed by atoms with E-state index in [1.165, 1.54) is 49.0 Å². The third-order valence-electron chi connectivity index (χ3n) is 9.98. The quantitative estimate of drug-likeness (QED) is 0.0997. The Labute approximate surface area is 294 Å². The van der Waals surface area contributed by atoms with Crippen LogP contribution < -0.4 is 5.73 Å². The van der Waals surface area contributed by atoms with Crippen LogP contribution in [0.4, 0.5) is 0 Å². The molecule has 0 aliphatic heterocycles. The molecule has 2 N–H and O–H groups in total. The minimum Gasteiger partial charge on any atom is -0.317 e. The Morgan fingerprint density at radius 2 is 1.16 bits per heavy atom. The summed E-state index contributed by atoms with van der Waals surface area (Å²) in [5.41, 5.74) is 16.1. The van der Waals surface area contributed by atoms with Gasteiger partial charge in [-0.2, -0.15) is 0 Å². The van der Waals surface area contributed by atoms with Crippen LogP contribution in [0.3, 0.4) is 0 Å². The van der Waals surface area contributed by atoms with Gasteiger partial charge in [-0.3, -0.25) is 0 Å². The van der Waals surface area contributed by atoms with Gasteiger partial charge in [-0.1, -0.05) is 182 Å². The maximum Gasteiger partial charge on any atom is 0.0706 e. The van der Waals surface area contributed by atoms with Crippen molar-refractivity contribution >= 4 is 44.0 Å². The Morgan fingerprint density at radius 1 is 0.520 bits per heavy atom. The van der Waals surface area contributed by atoms with E-state index in [-0.39, 0.29) is 0 Å². The van der Waals surface area contributed by atoms with Gasteiger partial charge in [0.15, 0.2) is 0 Å². The molecule has 8 aromatic rings. The van der Waals surface area contributed by atoms with Crippen molar-refractivity contribution < 1.29 is 0 Å². The fraction of sp³-hybridized carbons (Fsp3) is 0.0612. The highest BCUT2D eigenvalue weighted by molar-refractivity contribution is 6.17. The normalized spacial score (nSPS) is 13.3. The predicted molar refractivity (Wildman–Crippen MR) is 215 cm³/mol. The van der Waals surface area contributed by atoms with Crippen LogP contribution in [0.15, 0.2) is 188 Å². The van der Waals surface area contributed by atoms with Crippen LogP contribution in [0.2, 0.25) is 0 Å². The van der Waals surface area contributed by atoms with Crippen molar-refractivity contribution in [3.63, 3.8) is 0 Å².